The summed E-state index contributed by atoms with van der Waals surface area (Å²) in [7, 11) is 1.58. The molecule has 132 valence electrons. The van der Waals surface area contributed by atoms with Crippen LogP contribution in [0.4, 0.5) is 4.39 Å². The Morgan fingerprint density at radius 2 is 1.76 bits per heavy atom. The molecule has 0 aromatic heterocycles. The van der Waals surface area contributed by atoms with Crippen molar-refractivity contribution < 1.29 is 23.5 Å². The van der Waals surface area contributed by atoms with Gasteiger partial charge in [-0.3, -0.25) is 20.4 Å². The molecule has 7 heteroatoms. The number of nitrogens with one attached hydrogen (secondary N) is 2. The number of hydrogen-bond donors (Lipinski definition) is 2. The molecular weight excluding hydrogens is 327 g/mol. The summed E-state index contributed by atoms with van der Waals surface area (Å²) >= 11 is 0. The van der Waals surface area contributed by atoms with E-state index >= 15 is 0 Å². The fourth-order valence-corrected chi connectivity index (χ4v) is 2.00. The molecule has 2 aromatic rings. The first-order valence-electron chi connectivity index (χ1n) is 7.60. The number of amides is 2. The Bertz CT molecular complexity index is 734. The first kappa shape index (κ1) is 18.4. The Hall–Kier alpha value is -2.93. The summed E-state index contributed by atoms with van der Waals surface area (Å²) in [6.45, 7) is 1.90. The van der Waals surface area contributed by atoms with Gasteiger partial charge in [0.25, 0.3) is 11.8 Å². The standard InChI is InChI=1S/C18H19FN2O4/c1-12(25-16-6-4-3-5-15(16)19)17(22)20-21-18(23)14-9-7-13(8-10-14)11-24-2/h3-10,12H,11H2,1-2H3,(H,20,22)(H,21,23)/t12-/m1/s1. The van der Waals surface area contributed by atoms with Crippen LogP contribution in [-0.4, -0.2) is 25.0 Å². The quantitative estimate of drug-likeness (QED) is 0.786. The van der Waals surface area contributed by atoms with Crippen LogP contribution in [0.5, 0.6) is 5.75 Å². The van der Waals surface area contributed by atoms with E-state index < -0.39 is 23.7 Å². The second-order valence-electron chi connectivity index (χ2n) is 5.26. The van der Waals surface area contributed by atoms with Crippen LogP contribution in [0.25, 0.3) is 0 Å². The molecule has 1 atom stereocenters. The van der Waals surface area contributed by atoms with E-state index in [2.05, 4.69) is 10.9 Å². The van der Waals surface area contributed by atoms with E-state index in [0.717, 1.165) is 5.56 Å². The van der Waals surface area contributed by atoms with Gasteiger partial charge in [-0.05, 0) is 36.8 Å². The Morgan fingerprint density at radius 1 is 1.08 bits per heavy atom. The Labute approximate surface area is 144 Å². The molecule has 0 aliphatic carbocycles. The molecule has 2 aromatic carbocycles. The number of carbonyl (C=O) groups excluding carboxylic acids is 2. The van der Waals surface area contributed by atoms with Crippen LogP contribution in [0.1, 0.15) is 22.8 Å². The zero-order valence-corrected chi connectivity index (χ0v) is 13.9. The number of halogens is 1. The van der Waals surface area contributed by atoms with Crippen molar-refractivity contribution in [3.8, 4) is 5.75 Å². The molecule has 0 unspecified atom stereocenters. The number of rotatable bonds is 6. The number of carbonyl (C=O) groups is 2. The van der Waals surface area contributed by atoms with E-state index in [1.807, 2.05) is 0 Å². The normalized spacial score (nSPS) is 11.5. The predicted octanol–water partition coefficient (Wildman–Crippen LogP) is 2.20. The predicted molar refractivity (Wildman–Crippen MR) is 89.3 cm³/mol. The highest BCUT2D eigenvalue weighted by Crippen LogP contribution is 2.16. The molecule has 0 saturated heterocycles. The van der Waals surface area contributed by atoms with E-state index in [4.69, 9.17) is 9.47 Å². The maximum absolute atomic E-state index is 13.5. The largest absolute Gasteiger partial charge is 0.478 e. The van der Waals surface area contributed by atoms with Crippen LogP contribution in [0.15, 0.2) is 48.5 Å². The smallest absolute Gasteiger partial charge is 0.279 e. The van der Waals surface area contributed by atoms with Crippen LogP contribution >= 0.6 is 0 Å². The van der Waals surface area contributed by atoms with Crippen LogP contribution in [-0.2, 0) is 16.1 Å². The Kier molecular flexibility index (Phi) is 6.47. The molecule has 0 aliphatic rings. The van der Waals surface area contributed by atoms with Crippen molar-refractivity contribution in [3.63, 3.8) is 0 Å². The fourth-order valence-electron chi connectivity index (χ4n) is 2.00. The van der Waals surface area contributed by atoms with Gasteiger partial charge in [-0.25, -0.2) is 4.39 Å². The fraction of sp³-hybridized carbons (Fsp3) is 0.222. The molecular formula is C18H19FN2O4. The van der Waals surface area contributed by atoms with Gasteiger partial charge in [-0.2, -0.15) is 0 Å². The summed E-state index contributed by atoms with van der Waals surface area (Å²) in [5.41, 5.74) is 5.84. The zero-order valence-electron chi connectivity index (χ0n) is 13.9. The second-order valence-corrected chi connectivity index (χ2v) is 5.26. The lowest BCUT2D eigenvalue weighted by Crippen LogP contribution is -2.47. The molecule has 6 nitrogen and oxygen atoms in total. The van der Waals surface area contributed by atoms with Gasteiger partial charge < -0.3 is 9.47 Å². The third-order valence-electron chi connectivity index (χ3n) is 3.34. The van der Waals surface area contributed by atoms with Gasteiger partial charge in [-0.15, -0.1) is 0 Å². The first-order chi connectivity index (χ1) is 12.0. The van der Waals surface area contributed by atoms with E-state index in [1.165, 1.54) is 25.1 Å². The molecule has 2 rings (SSSR count). The van der Waals surface area contributed by atoms with Crippen molar-refractivity contribution in [2.45, 2.75) is 19.6 Å². The summed E-state index contributed by atoms with van der Waals surface area (Å²) in [4.78, 5) is 23.9. The maximum Gasteiger partial charge on any atom is 0.279 e. The second kappa shape index (κ2) is 8.79. The molecule has 0 bridgehead atoms. The third-order valence-corrected chi connectivity index (χ3v) is 3.34. The van der Waals surface area contributed by atoms with Gasteiger partial charge in [-0.1, -0.05) is 24.3 Å². The molecule has 0 radical (unpaired) electrons. The minimum atomic E-state index is -0.985. The van der Waals surface area contributed by atoms with Gasteiger partial charge in [0.2, 0.25) is 0 Å². The number of hydrogen-bond acceptors (Lipinski definition) is 4. The zero-order chi connectivity index (χ0) is 18.2. The summed E-state index contributed by atoms with van der Waals surface area (Å²) < 4.78 is 23.7. The van der Waals surface area contributed by atoms with Gasteiger partial charge in [0.1, 0.15) is 0 Å². The molecule has 0 aliphatic heterocycles. The van der Waals surface area contributed by atoms with Crippen molar-refractivity contribution >= 4 is 11.8 Å². The number of ether oxygens (including phenoxy) is 2. The highest BCUT2D eigenvalue weighted by atomic mass is 19.1. The molecule has 2 N–H and O–H groups in total. The Morgan fingerprint density at radius 3 is 2.40 bits per heavy atom. The minimum Gasteiger partial charge on any atom is -0.478 e. The molecule has 0 spiro atoms. The lowest BCUT2D eigenvalue weighted by molar-refractivity contribution is -0.128. The van der Waals surface area contributed by atoms with Crippen LogP contribution in [0, 0.1) is 5.82 Å². The van der Waals surface area contributed by atoms with Crippen molar-refractivity contribution in [2.75, 3.05) is 7.11 Å². The minimum absolute atomic E-state index is 0.0368. The topological polar surface area (TPSA) is 76.7 Å². The molecule has 2 amide bonds. The van der Waals surface area contributed by atoms with Gasteiger partial charge >= 0.3 is 0 Å². The lowest BCUT2D eigenvalue weighted by atomic mass is 10.1. The first-order valence-corrected chi connectivity index (χ1v) is 7.60. The molecule has 0 fully saturated rings. The van der Waals surface area contributed by atoms with E-state index in [0.29, 0.717) is 12.2 Å². The van der Waals surface area contributed by atoms with Crippen molar-refractivity contribution in [1.82, 2.24) is 10.9 Å². The van der Waals surface area contributed by atoms with E-state index in [9.17, 15) is 14.0 Å². The number of benzene rings is 2. The lowest BCUT2D eigenvalue weighted by Gasteiger charge is -2.15. The van der Waals surface area contributed by atoms with Crippen LogP contribution in [0.2, 0.25) is 0 Å². The Balaban J connectivity index is 1.86. The van der Waals surface area contributed by atoms with E-state index in [-0.39, 0.29) is 5.75 Å². The molecule has 0 saturated carbocycles. The van der Waals surface area contributed by atoms with Gasteiger partial charge in [0, 0.05) is 12.7 Å². The van der Waals surface area contributed by atoms with Crippen molar-refractivity contribution in [3.05, 3.63) is 65.5 Å². The highest BCUT2D eigenvalue weighted by molar-refractivity contribution is 5.95. The average molecular weight is 346 g/mol. The molecule has 0 heterocycles. The van der Waals surface area contributed by atoms with Gasteiger partial charge in [0.05, 0.1) is 6.61 Å². The summed E-state index contributed by atoms with van der Waals surface area (Å²) in [5.74, 6) is -1.68. The molecule has 25 heavy (non-hydrogen) atoms. The van der Waals surface area contributed by atoms with Crippen LogP contribution in [0.3, 0.4) is 0 Å². The van der Waals surface area contributed by atoms with Crippen LogP contribution < -0.4 is 15.6 Å². The number of para-hydroxylation sites is 1. The highest BCUT2D eigenvalue weighted by Gasteiger charge is 2.17. The summed E-state index contributed by atoms with van der Waals surface area (Å²) in [6.07, 6.45) is -0.985. The number of hydrazine groups is 1. The SMILES string of the molecule is COCc1ccc(C(=O)NNC(=O)[C@@H](C)Oc2ccccc2F)cc1. The number of methoxy groups -OCH3 is 1. The average Bonchev–Trinajstić information content (AvgIpc) is 2.62. The van der Waals surface area contributed by atoms with Gasteiger partial charge in [0.15, 0.2) is 17.7 Å². The van der Waals surface area contributed by atoms with E-state index in [1.54, 1.807) is 37.4 Å². The summed E-state index contributed by atoms with van der Waals surface area (Å²) in [5, 5.41) is 0. The van der Waals surface area contributed by atoms with Crippen molar-refractivity contribution in [1.29, 1.82) is 0 Å². The van der Waals surface area contributed by atoms with Crippen molar-refractivity contribution in [2.24, 2.45) is 0 Å². The monoisotopic (exact) mass is 346 g/mol. The summed E-state index contributed by atoms with van der Waals surface area (Å²) in [6, 6.07) is 12.5. The maximum atomic E-state index is 13.5. The third kappa shape index (κ3) is 5.29.